The van der Waals surface area contributed by atoms with Crippen LogP contribution in [0.15, 0.2) is 15.7 Å². The van der Waals surface area contributed by atoms with E-state index < -0.39 is 16.0 Å². The van der Waals surface area contributed by atoms with Crippen molar-refractivity contribution in [2.24, 2.45) is 0 Å². The third-order valence-electron chi connectivity index (χ3n) is 2.53. The number of rotatable bonds is 8. The van der Waals surface area contributed by atoms with E-state index in [1.54, 1.807) is 5.38 Å². The molecule has 7 nitrogen and oxygen atoms in total. The van der Waals surface area contributed by atoms with E-state index in [2.05, 4.69) is 4.74 Å². The second-order valence-electron chi connectivity index (χ2n) is 3.92. The predicted octanol–water partition coefficient (Wildman–Crippen LogP) is 0.531. The van der Waals surface area contributed by atoms with E-state index in [-0.39, 0.29) is 30.3 Å². The van der Waals surface area contributed by atoms with Gasteiger partial charge in [0.05, 0.1) is 20.1 Å². The molecule has 0 fully saturated rings. The first kappa shape index (κ1) is 16.9. The highest BCUT2D eigenvalue weighted by Crippen LogP contribution is 2.25. The van der Waals surface area contributed by atoms with Crippen LogP contribution in [-0.2, 0) is 24.3 Å². The normalized spacial score (nSPS) is 11.8. The Bertz CT molecular complexity index is 541. The highest BCUT2D eigenvalue weighted by molar-refractivity contribution is 7.91. The summed E-state index contributed by atoms with van der Waals surface area (Å²) in [6, 6.07) is 1.40. The Hall–Kier alpha value is -1.16. The Morgan fingerprint density at radius 1 is 1.40 bits per heavy atom. The molecule has 2 N–H and O–H groups in total. The van der Waals surface area contributed by atoms with Crippen LogP contribution in [0.4, 0.5) is 5.69 Å². The summed E-state index contributed by atoms with van der Waals surface area (Å²) in [6.07, 6.45) is -0.0136. The Morgan fingerprint density at radius 3 is 2.60 bits per heavy atom. The smallest absolute Gasteiger partial charge is 0.306 e. The van der Waals surface area contributed by atoms with E-state index >= 15 is 0 Å². The van der Waals surface area contributed by atoms with E-state index in [1.807, 2.05) is 0 Å². The zero-order valence-electron chi connectivity index (χ0n) is 11.4. The number of anilines is 1. The van der Waals surface area contributed by atoms with Gasteiger partial charge in [-0.1, -0.05) is 0 Å². The van der Waals surface area contributed by atoms with Crippen LogP contribution in [-0.4, -0.2) is 52.6 Å². The molecule has 1 aromatic heterocycles. The molecule has 9 heteroatoms. The van der Waals surface area contributed by atoms with Crippen LogP contribution in [0.2, 0.25) is 0 Å². The molecule has 0 aliphatic heterocycles. The van der Waals surface area contributed by atoms with Crippen molar-refractivity contribution in [1.82, 2.24) is 4.31 Å². The number of nitrogens with two attached hydrogens (primary N) is 1. The van der Waals surface area contributed by atoms with Crippen LogP contribution in [0.5, 0.6) is 0 Å². The fourth-order valence-corrected chi connectivity index (χ4v) is 4.11. The van der Waals surface area contributed by atoms with Crippen molar-refractivity contribution in [3.63, 3.8) is 0 Å². The topological polar surface area (TPSA) is 98.9 Å². The highest BCUT2D eigenvalue weighted by Gasteiger charge is 2.26. The van der Waals surface area contributed by atoms with E-state index in [9.17, 15) is 13.2 Å². The Labute approximate surface area is 122 Å². The van der Waals surface area contributed by atoms with Gasteiger partial charge in [-0.15, -0.1) is 11.3 Å². The maximum Gasteiger partial charge on any atom is 0.306 e. The summed E-state index contributed by atoms with van der Waals surface area (Å²) in [6.45, 7) is 0.436. The number of esters is 1. The van der Waals surface area contributed by atoms with Crippen LogP contribution in [0.3, 0.4) is 0 Å². The maximum absolute atomic E-state index is 12.4. The molecular formula is C11H18N2O5S2. The lowest BCUT2D eigenvalue weighted by molar-refractivity contribution is -0.140. The van der Waals surface area contributed by atoms with Crippen molar-refractivity contribution in [3.05, 3.63) is 11.4 Å². The highest BCUT2D eigenvalue weighted by atomic mass is 32.2. The largest absolute Gasteiger partial charge is 0.469 e. The average molecular weight is 322 g/mol. The Kier molecular flexibility index (Phi) is 6.40. The van der Waals surface area contributed by atoms with Crippen molar-refractivity contribution in [1.29, 1.82) is 0 Å². The quantitative estimate of drug-likeness (QED) is 0.701. The van der Waals surface area contributed by atoms with Crippen molar-refractivity contribution >= 4 is 33.0 Å². The van der Waals surface area contributed by atoms with E-state index in [1.165, 1.54) is 24.6 Å². The second-order valence-corrected chi connectivity index (χ2v) is 7.00. The van der Waals surface area contributed by atoms with Gasteiger partial charge in [-0.2, -0.15) is 4.31 Å². The molecule has 0 radical (unpaired) electrons. The molecule has 0 saturated carbocycles. The average Bonchev–Trinajstić information content (AvgIpc) is 2.85. The predicted molar refractivity (Wildman–Crippen MR) is 76.0 cm³/mol. The first-order chi connectivity index (χ1) is 9.41. The number of nitrogen functional groups attached to an aromatic ring is 1. The van der Waals surface area contributed by atoms with Gasteiger partial charge in [0.15, 0.2) is 0 Å². The van der Waals surface area contributed by atoms with E-state index in [0.29, 0.717) is 5.69 Å². The number of sulfonamides is 1. The lowest BCUT2D eigenvalue weighted by Gasteiger charge is -2.20. The molecule has 0 bridgehead atoms. The molecule has 0 aliphatic carbocycles. The molecule has 0 unspecified atom stereocenters. The zero-order valence-corrected chi connectivity index (χ0v) is 13.0. The first-order valence-corrected chi connectivity index (χ1v) is 8.13. The van der Waals surface area contributed by atoms with Gasteiger partial charge in [-0.3, -0.25) is 4.79 Å². The molecule has 0 spiro atoms. The van der Waals surface area contributed by atoms with Gasteiger partial charge in [0.25, 0.3) is 10.0 Å². The van der Waals surface area contributed by atoms with Crippen molar-refractivity contribution < 1.29 is 22.7 Å². The molecule has 0 amide bonds. The van der Waals surface area contributed by atoms with Crippen LogP contribution in [0.1, 0.15) is 6.42 Å². The summed E-state index contributed by atoms with van der Waals surface area (Å²) in [4.78, 5) is 11.2. The van der Waals surface area contributed by atoms with Gasteiger partial charge < -0.3 is 15.2 Å². The number of hydrogen-bond donors (Lipinski definition) is 1. The zero-order chi connectivity index (χ0) is 15.2. The van der Waals surface area contributed by atoms with Crippen LogP contribution >= 0.6 is 11.3 Å². The van der Waals surface area contributed by atoms with Gasteiger partial charge >= 0.3 is 5.97 Å². The molecule has 20 heavy (non-hydrogen) atoms. The summed E-state index contributed by atoms with van der Waals surface area (Å²) in [5.74, 6) is -0.465. The number of carbonyl (C=O) groups is 1. The number of thiophene rings is 1. The molecule has 0 saturated heterocycles. The van der Waals surface area contributed by atoms with Crippen molar-refractivity contribution in [2.75, 3.05) is 39.6 Å². The van der Waals surface area contributed by atoms with Gasteiger partial charge in [-0.25, -0.2) is 8.42 Å². The van der Waals surface area contributed by atoms with Gasteiger partial charge in [0, 0.05) is 31.3 Å². The SMILES string of the molecule is COCCN(CCC(=O)OC)S(=O)(=O)c1cc(N)cs1. The van der Waals surface area contributed by atoms with Crippen LogP contribution in [0, 0.1) is 0 Å². The molecule has 0 atom stereocenters. The van der Waals surface area contributed by atoms with Gasteiger partial charge in [0.1, 0.15) is 4.21 Å². The fraction of sp³-hybridized carbons (Fsp3) is 0.545. The molecule has 0 aliphatic rings. The monoisotopic (exact) mass is 322 g/mol. The third kappa shape index (κ3) is 4.44. The van der Waals surface area contributed by atoms with Crippen molar-refractivity contribution in [3.8, 4) is 0 Å². The lowest BCUT2D eigenvalue weighted by Crippen LogP contribution is -2.35. The Balaban J connectivity index is 2.88. The van der Waals surface area contributed by atoms with Crippen molar-refractivity contribution in [2.45, 2.75) is 10.6 Å². The molecule has 114 valence electrons. The summed E-state index contributed by atoms with van der Waals surface area (Å²) >= 11 is 1.05. The number of carbonyl (C=O) groups excluding carboxylic acids is 1. The molecule has 1 aromatic rings. The molecule has 1 heterocycles. The van der Waals surface area contributed by atoms with E-state index in [0.717, 1.165) is 11.3 Å². The van der Waals surface area contributed by atoms with Gasteiger partial charge in [-0.05, 0) is 6.07 Å². The third-order valence-corrected chi connectivity index (χ3v) is 5.86. The minimum absolute atomic E-state index is 0.0136. The second kappa shape index (κ2) is 7.58. The molecule has 1 rings (SSSR count). The summed E-state index contributed by atoms with van der Waals surface area (Å²) in [5, 5.41) is 1.56. The minimum Gasteiger partial charge on any atom is -0.469 e. The Morgan fingerprint density at radius 2 is 2.10 bits per heavy atom. The number of ether oxygens (including phenoxy) is 2. The molecule has 0 aromatic carbocycles. The number of nitrogens with zero attached hydrogens (tertiary/aromatic N) is 1. The standard InChI is InChI=1S/C11H18N2O5S2/c1-17-6-5-13(4-3-10(14)18-2)20(15,16)11-7-9(12)8-19-11/h7-8H,3-6,12H2,1-2H3. The van der Waals surface area contributed by atoms with E-state index in [4.69, 9.17) is 10.5 Å². The number of methoxy groups -OCH3 is 2. The first-order valence-electron chi connectivity index (χ1n) is 5.81. The summed E-state index contributed by atoms with van der Waals surface area (Å²) in [7, 11) is -0.932. The number of hydrogen-bond acceptors (Lipinski definition) is 7. The summed E-state index contributed by atoms with van der Waals surface area (Å²) < 4.78 is 35.6. The fourth-order valence-electron chi connectivity index (χ4n) is 1.46. The maximum atomic E-state index is 12.4. The van der Waals surface area contributed by atoms with Crippen LogP contribution < -0.4 is 5.73 Å². The van der Waals surface area contributed by atoms with Gasteiger partial charge in [0.2, 0.25) is 0 Å². The lowest BCUT2D eigenvalue weighted by atomic mass is 10.4. The van der Waals surface area contributed by atoms with Crippen LogP contribution in [0.25, 0.3) is 0 Å². The molecular weight excluding hydrogens is 304 g/mol. The minimum atomic E-state index is -3.67. The summed E-state index contributed by atoms with van der Waals surface area (Å²) in [5.41, 5.74) is 5.94.